The molecular formula is C23H22ClFN4O2. The van der Waals surface area contributed by atoms with Gasteiger partial charge in [-0.1, -0.05) is 23.7 Å². The van der Waals surface area contributed by atoms with Gasteiger partial charge in [0.1, 0.15) is 17.4 Å². The summed E-state index contributed by atoms with van der Waals surface area (Å²) < 4.78 is 19.4. The predicted octanol–water partition coefficient (Wildman–Crippen LogP) is 5.64. The molecule has 160 valence electrons. The van der Waals surface area contributed by atoms with Gasteiger partial charge in [-0.3, -0.25) is 4.90 Å². The smallest absolute Gasteiger partial charge is 0.326 e. The van der Waals surface area contributed by atoms with Crippen molar-refractivity contribution in [1.82, 2.24) is 4.98 Å². The van der Waals surface area contributed by atoms with E-state index in [2.05, 4.69) is 21.3 Å². The number of hydrogen-bond donors (Lipinski definition) is 1. The highest BCUT2D eigenvalue weighted by Crippen LogP contribution is 2.36. The predicted molar refractivity (Wildman–Crippen MR) is 121 cm³/mol. The molecule has 8 heteroatoms. The first-order valence-electron chi connectivity index (χ1n) is 9.87. The molecule has 31 heavy (non-hydrogen) atoms. The van der Waals surface area contributed by atoms with Gasteiger partial charge in [0, 0.05) is 37.6 Å². The number of aryl methyl sites for hydroxylation is 1. The number of carbonyl (C=O) groups excluding carboxylic acids is 1. The van der Waals surface area contributed by atoms with E-state index in [1.165, 1.54) is 28.7 Å². The summed E-state index contributed by atoms with van der Waals surface area (Å²) in [6, 6.07) is 13.3. The van der Waals surface area contributed by atoms with Crippen molar-refractivity contribution < 1.29 is 13.9 Å². The largest absolute Gasteiger partial charge is 0.497 e. The number of carbonyl (C=O) groups is 1. The number of pyridine rings is 1. The Morgan fingerprint density at radius 2 is 2.10 bits per heavy atom. The van der Waals surface area contributed by atoms with E-state index in [-0.39, 0.29) is 10.7 Å². The van der Waals surface area contributed by atoms with Gasteiger partial charge in [0.25, 0.3) is 0 Å². The summed E-state index contributed by atoms with van der Waals surface area (Å²) in [7, 11) is 3.25. The fourth-order valence-electron chi connectivity index (χ4n) is 3.61. The summed E-state index contributed by atoms with van der Waals surface area (Å²) in [4.78, 5) is 20.8. The molecule has 6 nitrogen and oxygen atoms in total. The van der Waals surface area contributed by atoms with Crippen LogP contribution in [0.4, 0.5) is 32.1 Å². The lowest BCUT2D eigenvalue weighted by Gasteiger charge is -2.31. The van der Waals surface area contributed by atoms with Crippen molar-refractivity contribution in [3.8, 4) is 5.75 Å². The number of rotatable bonds is 4. The lowest BCUT2D eigenvalue weighted by atomic mass is 10.0. The van der Waals surface area contributed by atoms with Crippen LogP contribution in [0.5, 0.6) is 5.75 Å². The molecule has 2 amide bonds. The van der Waals surface area contributed by atoms with E-state index in [0.29, 0.717) is 5.69 Å². The molecule has 0 radical (unpaired) electrons. The topological polar surface area (TPSA) is 57.7 Å². The van der Waals surface area contributed by atoms with E-state index in [1.54, 1.807) is 26.4 Å². The van der Waals surface area contributed by atoms with Crippen LogP contribution in [0.3, 0.4) is 0 Å². The van der Waals surface area contributed by atoms with Crippen LogP contribution >= 0.6 is 11.6 Å². The Balaban J connectivity index is 1.60. The maximum atomic E-state index is 14.0. The Morgan fingerprint density at radius 1 is 1.26 bits per heavy atom. The summed E-state index contributed by atoms with van der Waals surface area (Å²) in [5.74, 6) is 0.902. The molecule has 0 atom stereocenters. The van der Waals surface area contributed by atoms with Gasteiger partial charge in [-0.2, -0.15) is 0 Å². The van der Waals surface area contributed by atoms with Crippen molar-refractivity contribution in [2.45, 2.75) is 12.8 Å². The van der Waals surface area contributed by atoms with Crippen LogP contribution in [-0.2, 0) is 6.42 Å². The van der Waals surface area contributed by atoms with Crippen molar-refractivity contribution in [1.29, 1.82) is 0 Å². The SMILES string of the molecule is COc1ccc2c(c1)N(c1cc(N(C)C(=O)Nc3c(F)cccc3Cl)ccn1)CCC2. The monoisotopic (exact) mass is 440 g/mol. The number of anilines is 4. The third kappa shape index (κ3) is 4.27. The van der Waals surface area contributed by atoms with Gasteiger partial charge in [0.15, 0.2) is 0 Å². The number of fused-ring (bicyclic) bond motifs is 1. The van der Waals surface area contributed by atoms with Crippen LogP contribution in [0.1, 0.15) is 12.0 Å². The van der Waals surface area contributed by atoms with Crippen molar-refractivity contribution in [2.24, 2.45) is 0 Å². The average Bonchev–Trinajstić information content (AvgIpc) is 2.80. The molecule has 1 N–H and O–H groups in total. The third-order valence-corrected chi connectivity index (χ3v) is 5.62. The molecule has 2 aromatic carbocycles. The quantitative estimate of drug-likeness (QED) is 0.570. The van der Waals surface area contributed by atoms with Crippen LogP contribution in [-0.4, -0.2) is 31.7 Å². The number of nitrogens with zero attached hydrogens (tertiary/aromatic N) is 3. The highest BCUT2D eigenvalue weighted by Gasteiger charge is 2.22. The number of urea groups is 1. The molecule has 1 aromatic heterocycles. The van der Waals surface area contributed by atoms with E-state index < -0.39 is 11.8 Å². The summed E-state index contributed by atoms with van der Waals surface area (Å²) in [6.45, 7) is 0.803. The van der Waals surface area contributed by atoms with Crippen molar-refractivity contribution in [3.63, 3.8) is 0 Å². The molecule has 4 rings (SSSR count). The summed E-state index contributed by atoms with van der Waals surface area (Å²) in [5.41, 5.74) is 2.83. The molecule has 2 heterocycles. The number of amides is 2. The first kappa shape index (κ1) is 20.9. The minimum absolute atomic E-state index is 0.0488. The minimum atomic E-state index is -0.594. The van der Waals surface area contributed by atoms with E-state index in [9.17, 15) is 9.18 Å². The fourth-order valence-corrected chi connectivity index (χ4v) is 3.82. The number of methoxy groups -OCH3 is 1. The fraction of sp³-hybridized carbons (Fsp3) is 0.217. The zero-order valence-corrected chi connectivity index (χ0v) is 18.0. The van der Waals surface area contributed by atoms with Gasteiger partial charge in [-0.25, -0.2) is 14.2 Å². The second kappa shape index (κ2) is 8.81. The van der Waals surface area contributed by atoms with Gasteiger partial charge in [-0.15, -0.1) is 0 Å². The number of aromatic nitrogens is 1. The molecule has 0 unspecified atom stereocenters. The molecule has 0 bridgehead atoms. The Bertz CT molecular complexity index is 1100. The standard InChI is InChI=1S/C23H22ClFN4O2/c1-28(23(30)27-22-18(24)6-3-7-19(22)25)16-10-11-26-21(13-16)29-12-4-5-15-8-9-17(31-2)14-20(15)29/h3,6-11,13-14H,4-5,12H2,1-2H3,(H,27,30). The van der Waals surface area contributed by atoms with Gasteiger partial charge < -0.3 is 15.0 Å². The number of para-hydroxylation sites is 1. The average molecular weight is 441 g/mol. The number of hydrogen-bond acceptors (Lipinski definition) is 4. The molecule has 0 saturated heterocycles. The molecule has 3 aromatic rings. The first-order chi connectivity index (χ1) is 15.0. The Hall–Kier alpha value is -3.32. The normalized spacial score (nSPS) is 12.8. The van der Waals surface area contributed by atoms with Crippen LogP contribution < -0.4 is 19.9 Å². The molecule has 0 spiro atoms. The lowest BCUT2D eigenvalue weighted by molar-refractivity contribution is 0.258. The zero-order valence-electron chi connectivity index (χ0n) is 17.2. The lowest BCUT2D eigenvalue weighted by Crippen LogP contribution is -2.32. The van der Waals surface area contributed by atoms with E-state index >= 15 is 0 Å². The molecule has 1 aliphatic rings. The summed E-state index contributed by atoms with van der Waals surface area (Å²) in [5, 5.41) is 2.67. The van der Waals surface area contributed by atoms with Gasteiger partial charge in [0.2, 0.25) is 0 Å². The summed E-state index contributed by atoms with van der Waals surface area (Å²) in [6.07, 6.45) is 3.63. The van der Waals surface area contributed by atoms with Crippen molar-refractivity contribution in [3.05, 3.63) is 71.1 Å². The summed E-state index contributed by atoms with van der Waals surface area (Å²) >= 11 is 6.02. The van der Waals surface area contributed by atoms with Crippen LogP contribution in [0.15, 0.2) is 54.7 Å². The van der Waals surface area contributed by atoms with E-state index in [1.807, 2.05) is 18.2 Å². The van der Waals surface area contributed by atoms with Gasteiger partial charge in [0.05, 0.1) is 23.5 Å². The molecule has 0 aliphatic carbocycles. The number of ether oxygens (including phenoxy) is 1. The second-order valence-corrected chi connectivity index (χ2v) is 7.62. The van der Waals surface area contributed by atoms with E-state index in [4.69, 9.17) is 16.3 Å². The van der Waals surface area contributed by atoms with Crippen molar-refractivity contribution in [2.75, 3.05) is 35.8 Å². The first-order valence-corrected chi connectivity index (χ1v) is 10.2. The maximum Gasteiger partial charge on any atom is 0.326 e. The Morgan fingerprint density at radius 3 is 2.87 bits per heavy atom. The van der Waals surface area contributed by atoms with E-state index in [0.717, 1.165) is 36.6 Å². The molecular weight excluding hydrogens is 419 g/mol. The van der Waals surface area contributed by atoms with Crippen LogP contribution in [0, 0.1) is 5.82 Å². The highest BCUT2D eigenvalue weighted by molar-refractivity contribution is 6.33. The van der Waals surface area contributed by atoms with Crippen LogP contribution in [0.2, 0.25) is 5.02 Å². The molecule has 0 fully saturated rings. The Labute approximate surface area is 185 Å². The maximum absolute atomic E-state index is 14.0. The van der Waals surface area contributed by atoms with Gasteiger partial charge in [-0.05, 0) is 42.7 Å². The number of halogens is 2. The number of benzene rings is 2. The minimum Gasteiger partial charge on any atom is -0.497 e. The van der Waals surface area contributed by atoms with Gasteiger partial charge >= 0.3 is 6.03 Å². The number of nitrogens with one attached hydrogen (secondary N) is 1. The third-order valence-electron chi connectivity index (χ3n) is 5.30. The second-order valence-electron chi connectivity index (χ2n) is 7.21. The highest BCUT2D eigenvalue weighted by atomic mass is 35.5. The molecule has 1 aliphatic heterocycles. The molecule has 0 saturated carbocycles. The van der Waals surface area contributed by atoms with Crippen LogP contribution in [0.25, 0.3) is 0 Å². The zero-order chi connectivity index (χ0) is 22.0. The Kier molecular flexibility index (Phi) is 5.95. The van der Waals surface area contributed by atoms with Crippen molar-refractivity contribution >= 4 is 40.5 Å².